The van der Waals surface area contributed by atoms with E-state index < -0.39 is 0 Å². The van der Waals surface area contributed by atoms with Gasteiger partial charge in [-0.25, -0.2) is 4.98 Å². The van der Waals surface area contributed by atoms with E-state index in [0.717, 1.165) is 37.1 Å². The lowest BCUT2D eigenvalue weighted by molar-refractivity contribution is 0.453. The average molecular weight is 357 g/mol. The van der Waals surface area contributed by atoms with E-state index >= 15 is 0 Å². The van der Waals surface area contributed by atoms with Crippen LogP contribution in [0.3, 0.4) is 0 Å². The Morgan fingerprint density at radius 1 is 1.19 bits per heavy atom. The number of aryl methyl sites for hydroxylation is 2. The van der Waals surface area contributed by atoms with Crippen LogP contribution in [0.25, 0.3) is 22.4 Å². The van der Waals surface area contributed by atoms with Crippen LogP contribution < -0.4 is 5.32 Å². The van der Waals surface area contributed by atoms with Crippen LogP contribution in [0.1, 0.15) is 28.9 Å². The lowest BCUT2D eigenvalue weighted by Crippen LogP contribution is -2.34. The average Bonchev–Trinajstić information content (AvgIpc) is 3.31. The minimum atomic E-state index is 0.467. The molecule has 0 amide bonds. The van der Waals surface area contributed by atoms with E-state index in [2.05, 4.69) is 40.4 Å². The molecule has 4 nitrogen and oxygen atoms in total. The Balaban J connectivity index is 1.29. The van der Waals surface area contributed by atoms with Crippen LogP contribution in [0.4, 0.5) is 0 Å². The van der Waals surface area contributed by atoms with E-state index in [9.17, 15) is 0 Å². The van der Waals surface area contributed by atoms with E-state index in [1.165, 1.54) is 27.7 Å². The predicted molar refractivity (Wildman–Crippen MR) is 108 cm³/mol. The molecule has 1 unspecified atom stereocenters. The summed E-state index contributed by atoms with van der Waals surface area (Å²) in [6.45, 7) is 2.89. The molecular weight excluding hydrogens is 334 g/mol. The molecule has 1 aliphatic carbocycles. The van der Waals surface area contributed by atoms with Crippen molar-refractivity contribution >= 4 is 10.9 Å². The van der Waals surface area contributed by atoms with Gasteiger partial charge in [0.2, 0.25) is 5.89 Å². The van der Waals surface area contributed by atoms with Crippen molar-refractivity contribution in [3.05, 3.63) is 77.3 Å². The van der Waals surface area contributed by atoms with Gasteiger partial charge in [0.1, 0.15) is 6.26 Å². The monoisotopic (exact) mass is 357 g/mol. The quantitative estimate of drug-likeness (QED) is 0.553. The Kier molecular flexibility index (Phi) is 4.06. The maximum absolute atomic E-state index is 5.65. The zero-order valence-corrected chi connectivity index (χ0v) is 15.5. The van der Waals surface area contributed by atoms with Crippen molar-refractivity contribution in [1.29, 1.82) is 0 Å². The molecule has 1 atom stereocenters. The third-order valence-electron chi connectivity index (χ3n) is 5.49. The highest BCUT2D eigenvalue weighted by molar-refractivity contribution is 5.85. The molecule has 1 aliphatic rings. The molecule has 0 spiro atoms. The van der Waals surface area contributed by atoms with Crippen LogP contribution in [0.15, 0.2) is 59.2 Å². The largest absolute Gasteiger partial charge is 0.444 e. The SMILES string of the molecule is Cc1ccc2[nH]c3c(c2c1)CC(NCc1coc(-c2ccccc2)n1)CC3. The highest BCUT2D eigenvalue weighted by atomic mass is 16.3. The molecule has 0 radical (unpaired) electrons. The lowest BCUT2D eigenvalue weighted by atomic mass is 9.91. The van der Waals surface area contributed by atoms with Gasteiger partial charge in [0.15, 0.2) is 0 Å². The number of aromatic amines is 1. The fourth-order valence-electron chi connectivity index (χ4n) is 4.06. The minimum absolute atomic E-state index is 0.467. The number of hydrogen-bond donors (Lipinski definition) is 2. The predicted octanol–water partition coefficient (Wildman–Crippen LogP) is 4.78. The molecule has 0 saturated carbocycles. The lowest BCUT2D eigenvalue weighted by Gasteiger charge is -2.23. The number of benzene rings is 2. The number of hydrogen-bond acceptors (Lipinski definition) is 3. The highest BCUT2D eigenvalue weighted by Gasteiger charge is 2.22. The van der Waals surface area contributed by atoms with Gasteiger partial charge in [0.05, 0.1) is 5.69 Å². The third-order valence-corrected chi connectivity index (χ3v) is 5.49. The van der Waals surface area contributed by atoms with Gasteiger partial charge in [-0.1, -0.05) is 29.8 Å². The van der Waals surface area contributed by atoms with E-state index in [0.29, 0.717) is 11.9 Å². The summed E-state index contributed by atoms with van der Waals surface area (Å²) < 4.78 is 5.65. The molecule has 136 valence electrons. The minimum Gasteiger partial charge on any atom is -0.444 e. The number of nitrogens with zero attached hydrogens (tertiary/aromatic N) is 1. The summed E-state index contributed by atoms with van der Waals surface area (Å²) in [4.78, 5) is 8.23. The molecular formula is C23H23N3O. The maximum Gasteiger partial charge on any atom is 0.226 e. The van der Waals surface area contributed by atoms with Crippen LogP contribution in [0.5, 0.6) is 0 Å². The van der Waals surface area contributed by atoms with Crippen LogP contribution in [-0.4, -0.2) is 16.0 Å². The first-order chi connectivity index (χ1) is 13.3. The molecule has 0 fully saturated rings. The molecule has 4 heteroatoms. The van der Waals surface area contributed by atoms with Gasteiger partial charge in [0, 0.05) is 34.7 Å². The molecule has 2 heterocycles. The summed E-state index contributed by atoms with van der Waals surface area (Å²) in [6, 6.07) is 17.2. The summed E-state index contributed by atoms with van der Waals surface area (Å²) >= 11 is 0. The van der Waals surface area contributed by atoms with Gasteiger partial charge >= 0.3 is 0 Å². The number of H-pyrrole nitrogens is 1. The van der Waals surface area contributed by atoms with Crippen molar-refractivity contribution in [2.45, 2.75) is 38.8 Å². The fourth-order valence-corrected chi connectivity index (χ4v) is 4.06. The first-order valence-electron chi connectivity index (χ1n) is 9.59. The van der Waals surface area contributed by atoms with Crippen molar-refractivity contribution in [3.8, 4) is 11.5 Å². The number of fused-ring (bicyclic) bond motifs is 3. The van der Waals surface area contributed by atoms with Gasteiger partial charge in [0.25, 0.3) is 0 Å². The van der Waals surface area contributed by atoms with Crippen LogP contribution in [-0.2, 0) is 19.4 Å². The van der Waals surface area contributed by atoms with Crippen LogP contribution in [0.2, 0.25) is 0 Å². The van der Waals surface area contributed by atoms with Gasteiger partial charge in [-0.15, -0.1) is 0 Å². The molecule has 5 rings (SSSR count). The van der Waals surface area contributed by atoms with Gasteiger partial charge in [-0.3, -0.25) is 0 Å². The highest BCUT2D eigenvalue weighted by Crippen LogP contribution is 2.30. The first-order valence-corrected chi connectivity index (χ1v) is 9.59. The first kappa shape index (κ1) is 16.3. The van der Waals surface area contributed by atoms with E-state index in [4.69, 9.17) is 4.42 Å². The topological polar surface area (TPSA) is 53.9 Å². The van der Waals surface area contributed by atoms with Crippen LogP contribution in [0, 0.1) is 6.92 Å². The van der Waals surface area contributed by atoms with Crippen molar-refractivity contribution in [1.82, 2.24) is 15.3 Å². The Morgan fingerprint density at radius 3 is 2.96 bits per heavy atom. The Hall–Kier alpha value is -2.85. The molecule has 2 aromatic heterocycles. The van der Waals surface area contributed by atoms with Gasteiger partial charge in [-0.2, -0.15) is 0 Å². The maximum atomic E-state index is 5.65. The second-order valence-corrected chi connectivity index (χ2v) is 7.46. The molecule has 2 N–H and O–H groups in total. The zero-order chi connectivity index (χ0) is 18.2. The standard InChI is InChI=1S/C23H23N3O/c1-15-7-9-21-19(11-15)20-12-17(8-10-22(20)26-21)24-13-18-14-27-23(25-18)16-5-3-2-4-6-16/h2-7,9,11,14,17,24,26H,8,10,12-13H2,1H3. The van der Waals surface area contributed by atoms with E-state index in [-0.39, 0.29) is 0 Å². The van der Waals surface area contributed by atoms with Crippen molar-refractivity contribution in [2.75, 3.05) is 0 Å². The molecule has 0 bridgehead atoms. The smallest absolute Gasteiger partial charge is 0.226 e. The number of oxazole rings is 1. The zero-order valence-electron chi connectivity index (χ0n) is 15.5. The van der Waals surface area contributed by atoms with Gasteiger partial charge in [-0.05, 0) is 56.0 Å². The fraction of sp³-hybridized carbons (Fsp3) is 0.261. The second-order valence-electron chi connectivity index (χ2n) is 7.46. The van der Waals surface area contributed by atoms with Crippen molar-refractivity contribution in [3.63, 3.8) is 0 Å². The summed E-state index contributed by atoms with van der Waals surface area (Å²) in [5.41, 5.74) is 7.42. The Morgan fingerprint density at radius 2 is 2.07 bits per heavy atom. The Labute approximate surface area is 158 Å². The van der Waals surface area contributed by atoms with Crippen molar-refractivity contribution in [2.24, 2.45) is 0 Å². The molecule has 0 aliphatic heterocycles. The van der Waals surface area contributed by atoms with Gasteiger partial charge < -0.3 is 14.7 Å². The number of nitrogens with one attached hydrogen (secondary N) is 2. The molecule has 27 heavy (non-hydrogen) atoms. The van der Waals surface area contributed by atoms with E-state index in [1.54, 1.807) is 6.26 Å². The summed E-state index contributed by atoms with van der Waals surface area (Å²) in [7, 11) is 0. The summed E-state index contributed by atoms with van der Waals surface area (Å²) in [6.07, 6.45) is 5.05. The molecule has 0 saturated heterocycles. The van der Waals surface area contributed by atoms with E-state index in [1.807, 2.05) is 30.3 Å². The number of aromatic nitrogens is 2. The number of rotatable bonds is 4. The Bertz CT molecular complexity index is 1080. The summed E-state index contributed by atoms with van der Waals surface area (Å²) in [5.74, 6) is 0.686. The summed E-state index contributed by atoms with van der Waals surface area (Å²) in [5, 5.41) is 5.06. The normalized spacial score (nSPS) is 16.6. The van der Waals surface area contributed by atoms with Crippen molar-refractivity contribution < 1.29 is 4.42 Å². The van der Waals surface area contributed by atoms with Crippen LogP contribution >= 0.6 is 0 Å². The second kappa shape index (κ2) is 6.71. The third kappa shape index (κ3) is 3.17. The molecule has 4 aromatic rings. The molecule has 2 aromatic carbocycles.